The molecule has 0 aliphatic heterocycles. The van der Waals surface area contributed by atoms with E-state index in [0.717, 1.165) is 18.7 Å². The summed E-state index contributed by atoms with van der Waals surface area (Å²) in [5, 5.41) is 0.0966. The minimum absolute atomic E-state index is 0.0966. The molecule has 3 nitrogen and oxygen atoms in total. The van der Waals surface area contributed by atoms with Crippen molar-refractivity contribution in [3.63, 3.8) is 0 Å². The molecule has 0 spiro atoms. The molecule has 0 amide bonds. The number of imidazole rings is 1. The Labute approximate surface area is 91.4 Å². The summed E-state index contributed by atoms with van der Waals surface area (Å²) < 4.78 is 13.1. The van der Waals surface area contributed by atoms with Crippen LogP contribution >= 0.6 is 11.6 Å². The summed E-state index contributed by atoms with van der Waals surface area (Å²) in [4.78, 5) is 7.32. The number of nitrogens with two attached hydrogens (primary N) is 1. The minimum Gasteiger partial charge on any atom is -0.342 e. The Kier molecular flexibility index (Phi) is 2.88. The number of aromatic nitrogens is 2. The first kappa shape index (κ1) is 10.4. The fourth-order valence-corrected chi connectivity index (χ4v) is 1.60. The smallest absolute Gasteiger partial charge is 0.144 e. The average Bonchev–Trinajstić information content (AvgIpc) is 2.58. The predicted molar refractivity (Wildman–Crippen MR) is 58.4 cm³/mol. The molecule has 0 atom stereocenters. The van der Waals surface area contributed by atoms with Gasteiger partial charge in [-0.25, -0.2) is 9.37 Å². The molecule has 2 aromatic rings. The van der Waals surface area contributed by atoms with Gasteiger partial charge in [0.25, 0.3) is 0 Å². The molecule has 1 heterocycles. The maximum absolute atomic E-state index is 13.1. The molecule has 0 aliphatic carbocycles. The van der Waals surface area contributed by atoms with Crippen LogP contribution in [-0.2, 0) is 6.42 Å². The maximum Gasteiger partial charge on any atom is 0.144 e. The van der Waals surface area contributed by atoms with E-state index in [1.54, 1.807) is 0 Å². The number of hydrogen-bond acceptors (Lipinski definition) is 2. The first-order valence-corrected chi connectivity index (χ1v) is 5.12. The quantitative estimate of drug-likeness (QED) is 0.845. The second-order valence-corrected chi connectivity index (χ2v) is 3.77. The van der Waals surface area contributed by atoms with E-state index in [2.05, 4.69) is 9.97 Å². The number of halogens is 2. The molecule has 1 aromatic carbocycles. The van der Waals surface area contributed by atoms with Gasteiger partial charge >= 0.3 is 0 Å². The van der Waals surface area contributed by atoms with E-state index >= 15 is 0 Å². The van der Waals surface area contributed by atoms with E-state index in [9.17, 15) is 4.39 Å². The van der Waals surface area contributed by atoms with E-state index in [-0.39, 0.29) is 5.02 Å². The van der Waals surface area contributed by atoms with Crippen molar-refractivity contribution < 1.29 is 4.39 Å². The van der Waals surface area contributed by atoms with E-state index in [0.29, 0.717) is 17.6 Å². The zero-order chi connectivity index (χ0) is 10.8. The van der Waals surface area contributed by atoms with Crippen LogP contribution in [-0.4, -0.2) is 16.5 Å². The normalized spacial score (nSPS) is 11.1. The highest BCUT2D eigenvalue weighted by Gasteiger charge is 2.06. The third-order valence-electron chi connectivity index (χ3n) is 2.19. The Bertz CT molecular complexity index is 442. The van der Waals surface area contributed by atoms with Gasteiger partial charge in [-0.15, -0.1) is 0 Å². The number of benzene rings is 1. The highest BCUT2D eigenvalue weighted by Crippen LogP contribution is 2.21. The first-order chi connectivity index (χ1) is 7.20. The lowest BCUT2D eigenvalue weighted by Gasteiger charge is -1.92. The van der Waals surface area contributed by atoms with Crippen LogP contribution in [0.2, 0.25) is 5.02 Å². The van der Waals surface area contributed by atoms with Crippen LogP contribution in [0.3, 0.4) is 0 Å². The van der Waals surface area contributed by atoms with Crippen molar-refractivity contribution >= 4 is 22.6 Å². The fourth-order valence-electron chi connectivity index (χ4n) is 1.45. The van der Waals surface area contributed by atoms with Gasteiger partial charge in [-0.3, -0.25) is 0 Å². The third kappa shape index (κ3) is 2.11. The Balaban J connectivity index is 2.38. The zero-order valence-corrected chi connectivity index (χ0v) is 8.81. The van der Waals surface area contributed by atoms with E-state index in [1.165, 1.54) is 12.1 Å². The summed E-state index contributed by atoms with van der Waals surface area (Å²) in [6, 6.07) is 2.88. The van der Waals surface area contributed by atoms with Gasteiger partial charge in [-0.2, -0.15) is 0 Å². The molecule has 0 bridgehead atoms. The Morgan fingerprint density at radius 1 is 1.47 bits per heavy atom. The lowest BCUT2D eigenvalue weighted by atomic mass is 10.3. The maximum atomic E-state index is 13.1. The summed E-state index contributed by atoms with van der Waals surface area (Å²) in [6.07, 6.45) is 1.63. The molecular weight excluding hydrogens is 217 g/mol. The van der Waals surface area contributed by atoms with Crippen molar-refractivity contribution in [3.8, 4) is 0 Å². The Hall–Kier alpha value is -1.13. The van der Waals surface area contributed by atoms with Crippen molar-refractivity contribution in [3.05, 3.63) is 28.8 Å². The summed E-state index contributed by atoms with van der Waals surface area (Å²) in [6.45, 7) is 0.617. The van der Waals surface area contributed by atoms with E-state index in [4.69, 9.17) is 17.3 Å². The highest BCUT2D eigenvalue weighted by molar-refractivity contribution is 6.31. The van der Waals surface area contributed by atoms with E-state index in [1.807, 2.05) is 0 Å². The van der Waals surface area contributed by atoms with Gasteiger partial charge in [0.2, 0.25) is 0 Å². The summed E-state index contributed by atoms with van der Waals surface area (Å²) in [7, 11) is 0. The number of hydrogen-bond donors (Lipinski definition) is 2. The molecule has 0 unspecified atom stereocenters. The standard InChI is InChI=1S/C10H11ClFN3/c11-6-4-8-9(5-7(6)12)15-10(14-8)2-1-3-13/h4-5H,1-3,13H2,(H,14,15). The molecule has 15 heavy (non-hydrogen) atoms. The molecule has 0 saturated heterocycles. The number of nitrogens with one attached hydrogen (secondary N) is 1. The topological polar surface area (TPSA) is 54.7 Å². The largest absolute Gasteiger partial charge is 0.342 e. The zero-order valence-electron chi connectivity index (χ0n) is 8.06. The summed E-state index contributed by atoms with van der Waals surface area (Å²) in [5.41, 5.74) is 6.75. The summed E-state index contributed by atoms with van der Waals surface area (Å²) >= 11 is 5.65. The van der Waals surface area contributed by atoms with Crippen molar-refractivity contribution in [1.82, 2.24) is 9.97 Å². The molecule has 2 rings (SSSR count). The number of rotatable bonds is 3. The van der Waals surface area contributed by atoms with Crippen molar-refractivity contribution in [2.24, 2.45) is 5.73 Å². The predicted octanol–water partition coefficient (Wildman–Crippen LogP) is 2.25. The summed E-state index contributed by atoms with van der Waals surface area (Å²) in [5.74, 6) is 0.385. The van der Waals surface area contributed by atoms with Gasteiger partial charge in [0.15, 0.2) is 0 Å². The number of fused-ring (bicyclic) bond motifs is 1. The molecule has 0 fully saturated rings. The second kappa shape index (κ2) is 4.16. The van der Waals surface area contributed by atoms with Gasteiger partial charge < -0.3 is 10.7 Å². The molecule has 5 heteroatoms. The van der Waals surface area contributed by atoms with Crippen LogP contribution in [0, 0.1) is 5.82 Å². The van der Waals surface area contributed by atoms with Gasteiger partial charge in [0, 0.05) is 12.5 Å². The highest BCUT2D eigenvalue weighted by atomic mass is 35.5. The fraction of sp³-hybridized carbons (Fsp3) is 0.300. The van der Waals surface area contributed by atoms with Crippen molar-refractivity contribution in [2.75, 3.05) is 6.54 Å². The number of aryl methyl sites for hydroxylation is 1. The molecule has 1 aromatic heterocycles. The van der Waals surface area contributed by atoms with Crippen molar-refractivity contribution in [1.29, 1.82) is 0 Å². The first-order valence-electron chi connectivity index (χ1n) is 4.74. The lowest BCUT2D eigenvalue weighted by molar-refractivity contribution is 0.630. The molecule has 0 aliphatic rings. The van der Waals surface area contributed by atoms with Crippen LogP contribution in [0.4, 0.5) is 4.39 Å². The SMILES string of the molecule is NCCCc1nc2cc(Cl)c(F)cc2[nH]1. The van der Waals surface area contributed by atoms with Crippen molar-refractivity contribution in [2.45, 2.75) is 12.8 Å². The Morgan fingerprint density at radius 3 is 3.00 bits per heavy atom. The number of nitrogens with zero attached hydrogens (tertiary/aromatic N) is 1. The van der Waals surface area contributed by atoms with Crippen LogP contribution in [0.5, 0.6) is 0 Å². The molecule has 3 N–H and O–H groups in total. The Morgan fingerprint density at radius 2 is 2.27 bits per heavy atom. The van der Waals surface area contributed by atoms with Gasteiger partial charge in [0.1, 0.15) is 11.6 Å². The molecular formula is C10H11ClFN3. The van der Waals surface area contributed by atoms with Gasteiger partial charge in [-0.05, 0) is 19.0 Å². The monoisotopic (exact) mass is 227 g/mol. The minimum atomic E-state index is -0.432. The van der Waals surface area contributed by atoms with Gasteiger partial charge in [0.05, 0.1) is 16.1 Å². The van der Waals surface area contributed by atoms with Crippen LogP contribution < -0.4 is 5.73 Å². The number of aromatic amines is 1. The average molecular weight is 228 g/mol. The van der Waals surface area contributed by atoms with E-state index < -0.39 is 5.82 Å². The third-order valence-corrected chi connectivity index (χ3v) is 2.48. The lowest BCUT2D eigenvalue weighted by Crippen LogP contribution is -2.01. The molecule has 80 valence electrons. The molecule has 0 saturated carbocycles. The van der Waals surface area contributed by atoms with Gasteiger partial charge in [-0.1, -0.05) is 11.6 Å². The molecule has 0 radical (unpaired) electrons. The van der Waals surface area contributed by atoms with Crippen LogP contribution in [0.1, 0.15) is 12.2 Å². The number of H-pyrrole nitrogens is 1. The second-order valence-electron chi connectivity index (χ2n) is 3.36. The van der Waals surface area contributed by atoms with Crippen LogP contribution in [0.25, 0.3) is 11.0 Å². The van der Waals surface area contributed by atoms with Crippen LogP contribution in [0.15, 0.2) is 12.1 Å².